The van der Waals surface area contributed by atoms with Gasteiger partial charge >= 0.3 is 0 Å². The van der Waals surface area contributed by atoms with Crippen LogP contribution < -0.4 is 0 Å². The molecule has 0 radical (unpaired) electrons. The molecule has 3 heteroatoms. The van der Waals surface area contributed by atoms with Crippen molar-refractivity contribution in [3.63, 3.8) is 0 Å². The molecule has 0 spiro atoms. The maximum atomic E-state index is 10.3. The van der Waals surface area contributed by atoms with Crippen molar-refractivity contribution in [3.8, 4) is 0 Å². The highest BCUT2D eigenvalue weighted by Crippen LogP contribution is 2.04. The van der Waals surface area contributed by atoms with E-state index < -0.39 is 11.1 Å². The van der Waals surface area contributed by atoms with E-state index in [0.29, 0.717) is 4.91 Å². The van der Waals surface area contributed by atoms with Crippen molar-refractivity contribution in [2.24, 2.45) is 0 Å². The second-order valence-corrected chi connectivity index (χ2v) is 2.46. The topological polar surface area (TPSA) is 37.3 Å². The van der Waals surface area contributed by atoms with Crippen LogP contribution in [0.15, 0.2) is 29.2 Å². The van der Waals surface area contributed by atoms with Crippen LogP contribution >= 0.6 is 0 Å². The fourth-order valence-electron chi connectivity index (χ4n) is 0.485. The highest BCUT2D eigenvalue weighted by Gasteiger charge is 2.07. The molecule has 0 aliphatic heterocycles. The summed E-state index contributed by atoms with van der Waals surface area (Å²) >= 11 is -1.86. The van der Waals surface area contributed by atoms with Crippen LogP contribution in [0.4, 0.5) is 0 Å². The summed E-state index contributed by atoms with van der Waals surface area (Å²) in [7, 11) is 0. The maximum absolute atomic E-state index is 10.3. The average molecular weight is 141 g/mol. The second-order valence-electron chi connectivity index (χ2n) is 1.49. The molecule has 0 fully saturated rings. The van der Waals surface area contributed by atoms with Crippen LogP contribution in [0.2, 0.25) is 0 Å². The fourth-order valence-corrected chi connectivity index (χ4v) is 0.849. The first-order valence-electron chi connectivity index (χ1n) is 2.37. The zero-order valence-electron chi connectivity index (χ0n) is 4.57. The third kappa shape index (κ3) is 1.57. The van der Waals surface area contributed by atoms with Crippen LogP contribution in [-0.4, -0.2) is 8.76 Å². The van der Waals surface area contributed by atoms with Gasteiger partial charge in [-0.05, 0) is 0 Å². The average Bonchev–Trinajstić information content (AvgIpc) is 1.90. The SMILES string of the molecule is O=S(O)C1=CC=C[C+]=C1. The lowest BCUT2D eigenvalue weighted by molar-refractivity contribution is 0.572. The first kappa shape index (κ1) is 6.36. The zero-order chi connectivity index (χ0) is 6.69. The third-order valence-electron chi connectivity index (χ3n) is 0.880. The summed E-state index contributed by atoms with van der Waals surface area (Å²) in [6, 6.07) is 0. The molecule has 1 rings (SSSR count). The van der Waals surface area contributed by atoms with Crippen LogP contribution in [0.3, 0.4) is 0 Å². The quantitative estimate of drug-likeness (QED) is 0.437. The molecule has 0 bridgehead atoms. The van der Waals surface area contributed by atoms with E-state index in [1.165, 1.54) is 6.08 Å². The van der Waals surface area contributed by atoms with E-state index in [2.05, 4.69) is 6.08 Å². The van der Waals surface area contributed by atoms with Crippen LogP contribution in [0.25, 0.3) is 0 Å². The molecule has 1 atom stereocenters. The minimum Gasteiger partial charge on any atom is -0.292 e. The minimum absolute atomic E-state index is 0.387. The first-order chi connectivity index (χ1) is 4.30. The van der Waals surface area contributed by atoms with Gasteiger partial charge in [0.1, 0.15) is 12.2 Å². The highest BCUT2D eigenvalue weighted by atomic mass is 32.2. The largest absolute Gasteiger partial charge is 0.292 e. The van der Waals surface area contributed by atoms with Crippen LogP contribution in [0, 0.1) is 6.08 Å². The van der Waals surface area contributed by atoms with E-state index in [4.69, 9.17) is 4.55 Å². The standard InChI is InChI=1S/C6H4O2S/c7-9(8)6-4-2-1-3-5-6/h1-2,4-5H/p+1. The van der Waals surface area contributed by atoms with Gasteiger partial charge in [-0.25, -0.2) is 4.21 Å². The molecule has 0 aromatic rings. The molecule has 1 aliphatic rings. The van der Waals surface area contributed by atoms with Gasteiger partial charge in [-0.15, -0.1) is 0 Å². The van der Waals surface area contributed by atoms with Gasteiger partial charge in [0.25, 0.3) is 0 Å². The van der Waals surface area contributed by atoms with Gasteiger partial charge in [-0.3, -0.25) is 4.55 Å². The normalized spacial score (nSPS) is 18.6. The Balaban J connectivity index is 2.84. The summed E-state index contributed by atoms with van der Waals surface area (Å²) in [4.78, 5) is 0.387. The van der Waals surface area contributed by atoms with E-state index in [1.54, 1.807) is 18.2 Å². The summed E-state index contributed by atoms with van der Waals surface area (Å²) in [6.07, 6.45) is 9.09. The molecule has 1 aliphatic carbocycles. The predicted octanol–water partition coefficient (Wildman–Crippen LogP) is 1.02. The van der Waals surface area contributed by atoms with Crippen LogP contribution in [0.1, 0.15) is 0 Å². The van der Waals surface area contributed by atoms with Gasteiger partial charge in [0.2, 0.25) is 11.1 Å². The van der Waals surface area contributed by atoms with Gasteiger partial charge < -0.3 is 0 Å². The Kier molecular flexibility index (Phi) is 1.90. The Labute approximate surface area is 55.9 Å². The number of hydrogen-bond acceptors (Lipinski definition) is 1. The molecule has 0 heterocycles. The van der Waals surface area contributed by atoms with Gasteiger partial charge in [-0.2, -0.15) is 0 Å². The van der Waals surface area contributed by atoms with Crippen molar-refractivity contribution in [2.75, 3.05) is 0 Å². The first-order valence-corrected chi connectivity index (χ1v) is 3.48. The number of rotatable bonds is 1. The number of allylic oxidation sites excluding steroid dienone is 5. The van der Waals surface area contributed by atoms with Gasteiger partial charge in [0, 0.05) is 12.2 Å². The molecule has 1 unspecified atom stereocenters. The Morgan fingerprint density at radius 1 is 1.67 bits per heavy atom. The van der Waals surface area contributed by atoms with Crippen molar-refractivity contribution in [1.29, 1.82) is 0 Å². The molecule has 0 amide bonds. The highest BCUT2D eigenvalue weighted by molar-refractivity contribution is 7.83. The summed E-state index contributed by atoms with van der Waals surface area (Å²) in [5, 5.41) is 0. The lowest BCUT2D eigenvalue weighted by atomic mass is 10.3. The molecule has 0 aromatic carbocycles. The predicted molar refractivity (Wildman–Crippen MR) is 35.8 cm³/mol. The van der Waals surface area contributed by atoms with Gasteiger partial charge in [0.15, 0.2) is 4.91 Å². The molecule has 0 aromatic heterocycles. The Morgan fingerprint density at radius 2 is 2.44 bits per heavy atom. The monoisotopic (exact) mass is 141 g/mol. The number of hydrogen-bond donors (Lipinski definition) is 1. The molecular formula is C6H5O2S+. The van der Waals surface area contributed by atoms with Crippen molar-refractivity contribution < 1.29 is 8.76 Å². The van der Waals surface area contributed by atoms with E-state index in [0.717, 1.165) is 0 Å². The van der Waals surface area contributed by atoms with Crippen molar-refractivity contribution in [2.45, 2.75) is 0 Å². The van der Waals surface area contributed by atoms with E-state index in [1.807, 2.05) is 0 Å². The second kappa shape index (κ2) is 2.69. The van der Waals surface area contributed by atoms with Crippen molar-refractivity contribution in [1.82, 2.24) is 0 Å². The van der Waals surface area contributed by atoms with E-state index >= 15 is 0 Å². The van der Waals surface area contributed by atoms with Crippen LogP contribution in [-0.2, 0) is 11.1 Å². The summed E-state index contributed by atoms with van der Waals surface area (Å²) in [5.41, 5.74) is 0. The maximum Gasteiger partial charge on any atom is 0.246 e. The van der Waals surface area contributed by atoms with E-state index in [-0.39, 0.29) is 0 Å². The van der Waals surface area contributed by atoms with Crippen molar-refractivity contribution in [3.05, 3.63) is 35.3 Å². The lowest BCUT2D eigenvalue weighted by Gasteiger charge is -1.84. The fraction of sp³-hybridized carbons (Fsp3) is 0. The van der Waals surface area contributed by atoms with Gasteiger partial charge in [-0.1, -0.05) is 0 Å². The van der Waals surface area contributed by atoms with Crippen molar-refractivity contribution >= 4 is 11.1 Å². The molecule has 0 saturated heterocycles. The van der Waals surface area contributed by atoms with Crippen LogP contribution in [0.5, 0.6) is 0 Å². The molecule has 9 heavy (non-hydrogen) atoms. The Bertz CT molecular complexity index is 213. The van der Waals surface area contributed by atoms with Gasteiger partial charge in [0.05, 0.1) is 6.08 Å². The summed E-state index contributed by atoms with van der Waals surface area (Å²) < 4.78 is 18.8. The molecule has 46 valence electrons. The summed E-state index contributed by atoms with van der Waals surface area (Å²) in [6.45, 7) is 0. The molecule has 0 saturated carbocycles. The lowest BCUT2D eigenvalue weighted by Crippen LogP contribution is -1.89. The molecule has 2 nitrogen and oxygen atoms in total. The minimum atomic E-state index is -1.86. The van der Waals surface area contributed by atoms with E-state index in [9.17, 15) is 4.21 Å². The Hall–Kier alpha value is -0.760. The molecular weight excluding hydrogens is 136 g/mol. The Morgan fingerprint density at radius 3 is 2.78 bits per heavy atom. The zero-order valence-corrected chi connectivity index (χ0v) is 5.39. The smallest absolute Gasteiger partial charge is 0.246 e. The third-order valence-corrected chi connectivity index (χ3v) is 1.54. The molecule has 1 N–H and O–H groups in total. The summed E-state index contributed by atoms with van der Waals surface area (Å²) in [5.74, 6) is 0.